The van der Waals surface area contributed by atoms with Crippen LogP contribution >= 0.6 is 0 Å². The van der Waals surface area contributed by atoms with Crippen molar-refractivity contribution in [2.45, 2.75) is 204 Å². The van der Waals surface area contributed by atoms with Crippen LogP contribution in [-0.4, -0.2) is 253 Å². The van der Waals surface area contributed by atoms with Gasteiger partial charge < -0.3 is 48.6 Å². The summed E-state index contributed by atoms with van der Waals surface area (Å²) in [6.07, 6.45) is 7.02. The zero-order valence-electron chi connectivity index (χ0n) is 84.7. The number of piperazine rings is 2. The van der Waals surface area contributed by atoms with Gasteiger partial charge in [0.25, 0.3) is 0 Å². The Labute approximate surface area is 826 Å². The fraction of sp³-hybridized carbons (Fsp3) is 0.416. The monoisotopic (exact) mass is 1900 g/mol. The zero-order chi connectivity index (χ0) is 101. The van der Waals surface area contributed by atoms with Crippen molar-refractivity contribution in [1.29, 1.82) is 0 Å². The Balaban J connectivity index is 0.000000201. The van der Waals surface area contributed by atoms with E-state index in [9.17, 15) is 48.3 Å². The van der Waals surface area contributed by atoms with E-state index in [0.717, 1.165) is 129 Å². The summed E-state index contributed by atoms with van der Waals surface area (Å²) in [4.78, 5) is 151. The average Bonchev–Trinajstić information content (AvgIpc) is 0.743. The molecule has 13 rings (SSSR count). The van der Waals surface area contributed by atoms with Crippen LogP contribution < -0.4 is 9.47 Å². The molecule has 3 aromatic heterocycles. The third kappa shape index (κ3) is 28.3. The van der Waals surface area contributed by atoms with E-state index in [1.807, 2.05) is 247 Å². The first kappa shape index (κ1) is 107. The summed E-state index contributed by atoms with van der Waals surface area (Å²) in [6.45, 7) is 40.5. The van der Waals surface area contributed by atoms with Crippen LogP contribution in [0.25, 0.3) is 0 Å². The Bertz CT molecular complexity index is 5800. The number of phenolic OH excluding ortho intramolecular Hbond substituents is 1. The molecule has 27 nitrogen and oxygen atoms in total. The molecule has 4 saturated heterocycles. The number of hydrogen-bond acceptors (Lipinski definition) is 20. The maximum Gasteiger partial charge on any atom is 0.246 e. The van der Waals surface area contributed by atoms with Crippen molar-refractivity contribution in [2.24, 2.45) is 5.92 Å². The zero-order valence-corrected chi connectivity index (χ0v) is 84.7. The van der Waals surface area contributed by atoms with Gasteiger partial charge in [0.2, 0.25) is 41.4 Å². The van der Waals surface area contributed by atoms with E-state index in [1.54, 1.807) is 96.2 Å². The molecular formula is C113H141N13O14. The van der Waals surface area contributed by atoms with Gasteiger partial charge in [-0.1, -0.05) is 127 Å². The van der Waals surface area contributed by atoms with Gasteiger partial charge in [-0.25, -0.2) is 20.0 Å². The van der Waals surface area contributed by atoms with E-state index in [0.29, 0.717) is 71.4 Å². The number of aromatic nitrogens is 3. The Morgan fingerprint density at radius 2 is 0.879 bits per heavy atom. The van der Waals surface area contributed by atoms with Crippen molar-refractivity contribution in [2.75, 3.05) is 100.0 Å². The molecule has 0 radical (unpaired) electrons. The van der Waals surface area contributed by atoms with Crippen molar-refractivity contribution in [3.63, 3.8) is 0 Å². The normalized spacial score (nSPS) is 16.4. The molecule has 7 amide bonds. The van der Waals surface area contributed by atoms with Gasteiger partial charge in [-0.15, -0.1) is 19.7 Å². The number of ether oxygens (including phenoxy) is 4. The molecule has 0 saturated carbocycles. The highest BCUT2D eigenvalue weighted by atomic mass is 16.5. The van der Waals surface area contributed by atoms with Gasteiger partial charge in [-0.3, -0.25) is 63.0 Å². The van der Waals surface area contributed by atoms with E-state index in [-0.39, 0.29) is 156 Å². The first-order valence-electron chi connectivity index (χ1n) is 48.5. The Morgan fingerprint density at radius 3 is 1.27 bits per heavy atom. The Morgan fingerprint density at radius 1 is 0.486 bits per heavy atom. The molecule has 3 unspecified atom stereocenters. The first-order valence-corrected chi connectivity index (χ1v) is 48.5. The van der Waals surface area contributed by atoms with Crippen LogP contribution in [0.1, 0.15) is 150 Å². The molecule has 0 aliphatic carbocycles. The number of fused-ring (bicyclic) bond motifs is 2. The predicted octanol–water partition coefficient (Wildman–Crippen LogP) is 14.5. The number of aromatic hydroxyl groups is 1. The second-order valence-electron chi connectivity index (χ2n) is 37.2. The fourth-order valence-corrected chi connectivity index (χ4v) is 19.2. The van der Waals surface area contributed by atoms with Crippen molar-refractivity contribution < 1.29 is 67.2 Å². The molecule has 1 N–H and O–H groups in total. The van der Waals surface area contributed by atoms with Crippen LogP contribution in [0.15, 0.2) is 202 Å². The van der Waals surface area contributed by atoms with Gasteiger partial charge in [0.05, 0.1) is 103 Å². The number of hydrogen-bond donors (Lipinski definition) is 1. The molecule has 140 heavy (non-hydrogen) atoms. The molecule has 0 spiro atoms. The van der Waals surface area contributed by atoms with Crippen LogP contribution in [0.5, 0.6) is 17.2 Å². The fourth-order valence-electron chi connectivity index (χ4n) is 19.2. The summed E-state index contributed by atoms with van der Waals surface area (Å²) in [6, 6.07) is 51.0. The molecule has 9 aromatic rings. The first-order chi connectivity index (χ1) is 67.1. The molecule has 6 aromatic carbocycles. The SMILES string of the molecule is C=CCN(CC(=O)CCc1ccccc1)CC(=O)C[C@@H](Cc1c(C)cc(OC)cc1C)C(=O)N(Cc1ccc(C)c(C)n1)CC(COC)OCC.C=CCN1CC(=O)N2C(CN(Cc3ccc(C)c(C)n3)C(=O)[C@@H]2Cc2c(C)cc(O)cc2C)N1C(=O)CCc1ccccc1.C=CCN1CC(=O)N2C(CN(Cc3ccc(C)c(C)n3)C(=O)[C@@H]2Cc2c(C)cc(OC)cc2C)N1C(=O)CCc1ccccc1. The van der Waals surface area contributed by atoms with Gasteiger partial charge in [0.15, 0.2) is 0 Å². The van der Waals surface area contributed by atoms with Crippen molar-refractivity contribution in [1.82, 2.24) is 64.4 Å². The number of hydrazine groups is 2. The van der Waals surface area contributed by atoms with E-state index < -0.39 is 30.3 Å². The van der Waals surface area contributed by atoms with Crippen LogP contribution in [0.2, 0.25) is 0 Å². The molecule has 6 atom stereocenters. The molecular weight excluding hydrogens is 1760 g/mol. The van der Waals surface area contributed by atoms with Crippen molar-refractivity contribution in [3.8, 4) is 17.2 Å². The standard InChI is InChI=1S/C42H57N3O6.C36H43N5O4.C35H41N5O4/c1-9-20-44(26-37(46)19-17-34-14-12-11-13-15-34)27-38(47)23-35(24-41-31(4)21-39(50-8)22-32(41)5)42(48)45(28-40(29-49-7)51-10-2)25-36-18-16-30(3)33(6)43-36;1-7-17-39-23-35(43)40-32(20-31-25(3)18-30(45-6)19-26(31)4)36(44)38(21-29-15-13-24(2)27(5)37-29)22-33(40)41(39)34(42)16-14-28-11-9-8-10-12-28;1-6-16-38-22-34(43)39-31(19-30-24(3)17-29(41)18-25(30)4)35(44)37(20-28-14-12-23(2)26(5)36-28)21-32(39)40(38)33(42)15-13-27-10-8-7-9-11-27/h9,11-16,18,21-22,35,40H,1,10,17,19-20,23-29H2,2-8H3;7-13,15,18-19,32-33H,1,14,16-17,20-23H2,2-6H3;6-12,14,17-18,31-32,41H,1,13,15-16,19-22H2,2-5H3/t35-,40?;32-,33?;31-,32?/m000/s1. The van der Waals surface area contributed by atoms with Crippen LogP contribution in [0, 0.1) is 89.0 Å². The second kappa shape index (κ2) is 51.1. The van der Waals surface area contributed by atoms with Gasteiger partial charge in [0.1, 0.15) is 53.2 Å². The van der Waals surface area contributed by atoms with Gasteiger partial charge in [-0.2, -0.15) is 0 Å². The molecule has 0 bridgehead atoms. The van der Waals surface area contributed by atoms with Crippen molar-refractivity contribution >= 4 is 52.9 Å². The highest BCUT2D eigenvalue weighted by Crippen LogP contribution is 2.37. The number of ketones is 2. The molecule has 7 heterocycles. The molecule has 742 valence electrons. The Kier molecular flexibility index (Phi) is 39.2. The largest absolute Gasteiger partial charge is 0.508 e. The minimum atomic E-state index is -0.829. The summed E-state index contributed by atoms with van der Waals surface area (Å²) in [5.74, 6) is -0.186. The highest BCUT2D eigenvalue weighted by Gasteiger charge is 2.54. The van der Waals surface area contributed by atoms with Crippen LogP contribution in [0.3, 0.4) is 0 Å². The lowest BCUT2D eigenvalue weighted by Gasteiger charge is -2.55. The number of phenols is 1. The van der Waals surface area contributed by atoms with Crippen LogP contribution in [-0.2, 0) is 111 Å². The maximum absolute atomic E-state index is 14.8. The lowest BCUT2D eigenvalue weighted by molar-refractivity contribution is -0.205. The predicted molar refractivity (Wildman–Crippen MR) is 543 cm³/mol. The van der Waals surface area contributed by atoms with Gasteiger partial charge in [-0.05, 0) is 254 Å². The van der Waals surface area contributed by atoms with Gasteiger partial charge >= 0.3 is 0 Å². The van der Waals surface area contributed by atoms with Gasteiger partial charge in [0, 0.05) is 101 Å². The minimum absolute atomic E-state index is 0.00995. The summed E-state index contributed by atoms with van der Waals surface area (Å²) in [5, 5.41) is 17.1. The molecule has 27 heteroatoms. The van der Waals surface area contributed by atoms with E-state index in [2.05, 4.69) is 19.7 Å². The summed E-state index contributed by atoms with van der Waals surface area (Å²) < 4.78 is 22.4. The topological polar surface area (TPSA) is 282 Å². The number of amides is 7. The lowest BCUT2D eigenvalue weighted by Crippen LogP contribution is -2.76. The number of carbonyl (C=O) groups excluding carboxylic acids is 9. The summed E-state index contributed by atoms with van der Waals surface area (Å²) in [7, 11) is 4.88. The molecule has 4 aliphatic rings. The number of pyridine rings is 3. The van der Waals surface area contributed by atoms with E-state index in [1.165, 1.54) is 0 Å². The van der Waals surface area contributed by atoms with Crippen molar-refractivity contribution in [3.05, 3.63) is 319 Å². The third-order valence-corrected chi connectivity index (χ3v) is 26.8. The Hall–Kier alpha value is -13.2. The van der Waals surface area contributed by atoms with E-state index >= 15 is 0 Å². The lowest BCUT2D eigenvalue weighted by atomic mass is 9.88. The minimum Gasteiger partial charge on any atom is -0.508 e. The molecule has 4 aliphatic heterocycles. The average molecular weight is 1910 g/mol. The number of nitrogens with zero attached hydrogens (tertiary/aromatic N) is 13. The number of Topliss-reactive ketones (excluding diaryl/α,β-unsaturated/α-hetero) is 2. The number of benzene rings is 6. The number of aryl methyl sites for hydroxylation is 15. The maximum atomic E-state index is 14.8. The summed E-state index contributed by atoms with van der Waals surface area (Å²) in [5.41, 5.74) is 19.9. The third-order valence-electron chi connectivity index (χ3n) is 26.8. The molecule has 4 fully saturated rings. The number of carbonyl (C=O) groups is 9. The van der Waals surface area contributed by atoms with Crippen LogP contribution in [0.4, 0.5) is 0 Å². The summed E-state index contributed by atoms with van der Waals surface area (Å²) >= 11 is 0. The van der Waals surface area contributed by atoms with E-state index in [4.69, 9.17) is 33.9 Å². The number of methoxy groups -OCH3 is 3. The quantitative estimate of drug-likeness (QED) is 0.0348. The second-order valence-corrected chi connectivity index (χ2v) is 37.2. The highest BCUT2D eigenvalue weighted by molar-refractivity contribution is 5.94. The smallest absolute Gasteiger partial charge is 0.246 e. The number of rotatable bonds is 42.